The highest BCUT2D eigenvalue weighted by molar-refractivity contribution is 9.10. The number of pyridine rings is 1. The molecule has 6 heteroatoms. The molecule has 0 atom stereocenters. The van der Waals surface area contributed by atoms with Crippen molar-refractivity contribution in [2.24, 2.45) is 0 Å². The summed E-state index contributed by atoms with van der Waals surface area (Å²) in [5.74, 6) is 0.969. The minimum atomic E-state index is 0.441. The standard InChI is InChI=1S/C11H12BrN5/c12-9-6-10(13)17-11(16-9)15-5-3-8-2-1-4-14-7-8/h1-2,4,6-7H,3,5H2,(H3,13,15,16,17). The van der Waals surface area contributed by atoms with Gasteiger partial charge in [0.2, 0.25) is 5.95 Å². The van der Waals surface area contributed by atoms with Crippen molar-refractivity contribution in [2.75, 3.05) is 17.6 Å². The Hall–Kier alpha value is -1.69. The number of nitrogens with zero attached hydrogens (tertiary/aromatic N) is 3. The number of anilines is 2. The van der Waals surface area contributed by atoms with Gasteiger partial charge in [0, 0.05) is 25.0 Å². The first-order valence-electron chi connectivity index (χ1n) is 5.17. The van der Waals surface area contributed by atoms with E-state index in [4.69, 9.17) is 5.73 Å². The lowest BCUT2D eigenvalue weighted by Gasteiger charge is -2.05. The lowest BCUT2D eigenvalue weighted by molar-refractivity contribution is 0.972. The molecule has 2 aromatic heterocycles. The minimum absolute atomic E-state index is 0.441. The van der Waals surface area contributed by atoms with Crippen molar-refractivity contribution in [1.29, 1.82) is 0 Å². The molecule has 2 heterocycles. The highest BCUT2D eigenvalue weighted by Crippen LogP contribution is 2.12. The Bertz CT molecular complexity index is 468. The Morgan fingerprint density at radius 2 is 2.24 bits per heavy atom. The first kappa shape index (κ1) is 11.8. The smallest absolute Gasteiger partial charge is 0.225 e. The van der Waals surface area contributed by atoms with Crippen LogP contribution in [0, 0.1) is 0 Å². The van der Waals surface area contributed by atoms with Crippen molar-refractivity contribution in [1.82, 2.24) is 15.0 Å². The van der Waals surface area contributed by atoms with E-state index in [1.807, 2.05) is 18.3 Å². The number of nitrogen functional groups attached to an aromatic ring is 1. The van der Waals surface area contributed by atoms with E-state index < -0.39 is 0 Å². The molecule has 0 spiro atoms. The fraction of sp³-hybridized carbons (Fsp3) is 0.182. The van der Waals surface area contributed by atoms with Crippen molar-refractivity contribution < 1.29 is 0 Å². The molecule has 3 N–H and O–H groups in total. The normalized spacial score (nSPS) is 10.2. The van der Waals surface area contributed by atoms with E-state index in [-0.39, 0.29) is 0 Å². The van der Waals surface area contributed by atoms with Gasteiger partial charge in [-0.25, -0.2) is 4.98 Å². The molecule has 0 amide bonds. The van der Waals surface area contributed by atoms with Gasteiger partial charge in [-0.05, 0) is 34.0 Å². The van der Waals surface area contributed by atoms with E-state index in [2.05, 4.69) is 36.2 Å². The lowest BCUT2D eigenvalue weighted by Crippen LogP contribution is -2.09. The number of hydrogen-bond donors (Lipinski definition) is 2. The van der Waals surface area contributed by atoms with Crippen LogP contribution < -0.4 is 11.1 Å². The third kappa shape index (κ3) is 3.67. The van der Waals surface area contributed by atoms with Crippen LogP contribution in [-0.2, 0) is 6.42 Å². The van der Waals surface area contributed by atoms with Crippen molar-refractivity contribution in [2.45, 2.75) is 6.42 Å². The fourth-order valence-electron chi connectivity index (χ4n) is 1.38. The van der Waals surface area contributed by atoms with Crippen molar-refractivity contribution in [3.63, 3.8) is 0 Å². The number of rotatable bonds is 4. The molecule has 5 nitrogen and oxygen atoms in total. The van der Waals surface area contributed by atoms with Gasteiger partial charge in [-0.3, -0.25) is 4.98 Å². The molecule has 0 fully saturated rings. The Labute approximate surface area is 108 Å². The van der Waals surface area contributed by atoms with E-state index in [1.54, 1.807) is 12.3 Å². The molecular formula is C11H12BrN5. The van der Waals surface area contributed by atoms with E-state index >= 15 is 0 Å². The summed E-state index contributed by atoms with van der Waals surface area (Å²) in [5.41, 5.74) is 6.78. The highest BCUT2D eigenvalue weighted by atomic mass is 79.9. The average Bonchev–Trinajstić information content (AvgIpc) is 2.29. The van der Waals surface area contributed by atoms with E-state index in [9.17, 15) is 0 Å². The van der Waals surface area contributed by atoms with Gasteiger partial charge in [0.1, 0.15) is 10.4 Å². The van der Waals surface area contributed by atoms with Gasteiger partial charge in [0.15, 0.2) is 0 Å². The summed E-state index contributed by atoms with van der Waals surface area (Å²) in [6, 6.07) is 5.61. The summed E-state index contributed by atoms with van der Waals surface area (Å²) in [4.78, 5) is 12.3. The zero-order valence-corrected chi connectivity index (χ0v) is 10.7. The summed E-state index contributed by atoms with van der Waals surface area (Å²) in [7, 11) is 0. The average molecular weight is 294 g/mol. The zero-order chi connectivity index (χ0) is 12.1. The number of aromatic nitrogens is 3. The van der Waals surface area contributed by atoms with Crippen LogP contribution >= 0.6 is 15.9 Å². The molecule has 0 bridgehead atoms. The Kier molecular flexibility index (Phi) is 3.87. The zero-order valence-electron chi connectivity index (χ0n) is 9.10. The molecule has 0 aliphatic heterocycles. The molecule has 0 aliphatic rings. The molecule has 88 valence electrons. The van der Waals surface area contributed by atoms with Crippen LogP contribution in [0.4, 0.5) is 11.8 Å². The maximum absolute atomic E-state index is 5.61. The Morgan fingerprint density at radius 3 is 2.94 bits per heavy atom. The van der Waals surface area contributed by atoms with Crippen LogP contribution in [-0.4, -0.2) is 21.5 Å². The first-order chi connectivity index (χ1) is 8.24. The molecule has 0 unspecified atom stereocenters. The van der Waals surface area contributed by atoms with E-state index in [0.29, 0.717) is 16.4 Å². The van der Waals surface area contributed by atoms with Gasteiger partial charge in [-0.1, -0.05) is 6.07 Å². The minimum Gasteiger partial charge on any atom is -0.383 e. The molecule has 2 aromatic rings. The third-order valence-electron chi connectivity index (χ3n) is 2.13. The summed E-state index contributed by atoms with van der Waals surface area (Å²) < 4.78 is 0.675. The van der Waals surface area contributed by atoms with Gasteiger partial charge in [0.25, 0.3) is 0 Å². The van der Waals surface area contributed by atoms with Crippen LogP contribution in [0.25, 0.3) is 0 Å². The monoisotopic (exact) mass is 293 g/mol. The largest absolute Gasteiger partial charge is 0.383 e. The quantitative estimate of drug-likeness (QED) is 0.842. The molecule has 0 saturated heterocycles. The van der Waals surface area contributed by atoms with Gasteiger partial charge >= 0.3 is 0 Å². The van der Waals surface area contributed by atoms with Gasteiger partial charge in [0.05, 0.1) is 0 Å². The summed E-state index contributed by atoms with van der Waals surface area (Å²) >= 11 is 3.27. The number of hydrogen-bond acceptors (Lipinski definition) is 5. The van der Waals surface area contributed by atoms with Crippen molar-refractivity contribution in [3.8, 4) is 0 Å². The van der Waals surface area contributed by atoms with E-state index in [1.165, 1.54) is 5.56 Å². The molecule has 0 radical (unpaired) electrons. The molecule has 0 saturated carbocycles. The number of nitrogens with two attached hydrogens (primary N) is 1. The molecule has 0 aliphatic carbocycles. The third-order valence-corrected chi connectivity index (χ3v) is 2.54. The van der Waals surface area contributed by atoms with Gasteiger partial charge < -0.3 is 11.1 Å². The molecule has 2 rings (SSSR count). The van der Waals surface area contributed by atoms with Crippen LogP contribution in [0.15, 0.2) is 35.2 Å². The molecule has 0 aromatic carbocycles. The fourth-order valence-corrected chi connectivity index (χ4v) is 1.78. The second kappa shape index (κ2) is 5.58. The van der Waals surface area contributed by atoms with Crippen molar-refractivity contribution >= 4 is 27.7 Å². The van der Waals surface area contributed by atoms with Crippen LogP contribution in [0.3, 0.4) is 0 Å². The Morgan fingerprint density at radius 1 is 1.35 bits per heavy atom. The SMILES string of the molecule is Nc1cc(Br)nc(NCCc2cccnc2)n1. The summed E-state index contributed by atoms with van der Waals surface area (Å²) in [5, 5.41) is 3.11. The predicted octanol–water partition coefficient (Wildman–Crippen LogP) is 1.87. The van der Waals surface area contributed by atoms with Gasteiger partial charge in [-0.2, -0.15) is 4.98 Å². The Balaban J connectivity index is 1.90. The summed E-state index contributed by atoms with van der Waals surface area (Å²) in [6.07, 6.45) is 4.47. The highest BCUT2D eigenvalue weighted by Gasteiger charge is 2.00. The van der Waals surface area contributed by atoms with E-state index in [0.717, 1.165) is 13.0 Å². The molecular weight excluding hydrogens is 282 g/mol. The van der Waals surface area contributed by atoms with Crippen molar-refractivity contribution in [3.05, 3.63) is 40.8 Å². The molecule has 17 heavy (non-hydrogen) atoms. The maximum atomic E-state index is 5.61. The van der Waals surface area contributed by atoms with Crippen LogP contribution in [0.1, 0.15) is 5.56 Å². The number of halogens is 1. The second-order valence-electron chi connectivity index (χ2n) is 3.48. The summed E-state index contributed by atoms with van der Waals surface area (Å²) in [6.45, 7) is 0.738. The maximum Gasteiger partial charge on any atom is 0.225 e. The topological polar surface area (TPSA) is 76.7 Å². The predicted molar refractivity (Wildman–Crippen MR) is 70.6 cm³/mol. The number of nitrogens with one attached hydrogen (secondary N) is 1. The first-order valence-corrected chi connectivity index (χ1v) is 5.96. The van der Waals surface area contributed by atoms with Gasteiger partial charge in [-0.15, -0.1) is 0 Å². The lowest BCUT2D eigenvalue weighted by atomic mass is 10.2. The second-order valence-corrected chi connectivity index (χ2v) is 4.29. The van der Waals surface area contributed by atoms with Crippen LogP contribution in [0.5, 0.6) is 0 Å². The van der Waals surface area contributed by atoms with Crippen LogP contribution in [0.2, 0.25) is 0 Å².